The molecule has 1 saturated carbocycles. The summed E-state index contributed by atoms with van der Waals surface area (Å²) in [5.74, 6) is 1.60. The van der Waals surface area contributed by atoms with Crippen LogP contribution in [0.3, 0.4) is 0 Å². The van der Waals surface area contributed by atoms with E-state index in [0.29, 0.717) is 6.61 Å². The van der Waals surface area contributed by atoms with Gasteiger partial charge < -0.3 is 19.4 Å². The number of hydrogen-bond acceptors (Lipinski definition) is 5. The molecule has 7 heteroatoms. The number of benzene rings is 1. The second-order valence-corrected chi connectivity index (χ2v) is 9.83. The summed E-state index contributed by atoms with van der Waals surface area (Å²) in [5, 5.41) is 6.20. The van der Waals surface area contributed by atoms with Crippen LogP contribution in [0.4, 0.5) is 0 Å². The molecule has 1 amide bonds. The van der Waals surface area contributed by atoms with Crippen molar-refractivity contribution in [3.05, 3.63) is 52.0 Å². The number of nitrogens with zero attached hydrogens (tertiary/aromatic N) is 2. The third kappa shape index (κ3) is 5.41. The zero-order chi connectivity index (χ0) is 23.4. The Balaban J connectivity index is 1.51. The Morgan fingerprint density at radius 2 is 1.88 bits per heavy atom. The molecule has 2 aromatic heterocycles. The summed E-state index contributed by atoms with van der Waals surface area (Å²) in [5.41, 5.74) is 3.58. The zero-order valence-corrected chi connectivity index (χ0v) is 20.7. The minimum absolute atomic E-state index is 0.0262. The number of hydrogen-bond donors (Lipinski definition) is 1. The quantitative estimate of drug-likeness (QED) is 0.431. The van der Waals surface area contributed by atoms with Crippen molar-refractivity contribution in [3.8, 4) is 22.9 Å². The highest BCUT2D eigenvalue weighted by Gasteiger charge is 2.24. The number of nitrogens with one attached hydrogen (secondary N) is 1. The van der Waals surface area contributed by atoms with Crippen LogP contribution in [0.25, 0.3) is 11.4 Å². The topological polar surface area (TPSA) is 65.4 Å². The van der Waals surface area contributed by atoms with Crippen molar-refractivity contribution in [2.24, 2.45) is 0 Å². The molecule has 0 aliphatic heterocycles. The molecule has 1 N–H and O–H groups in total. The van der Waals surface area contributed by atoms with Gasteiger partial charge in [0.05, 0.1) is 24.1 Å². The van der Waals surface area contributed by atoms with Gasteiger partial charge in [0.1, 0.15) is 23.1 Å². The fourth-order valence-electron chi connectivity index (χ4n) is 4.54. The molecule has 176 valence electrons. The maximum Gasteiger partial charge on any atom is 0.253 e. The van der Waals surface area contributed by atoms with Crippen LogP contribution in [0.15, 0.2) is 35.7 Å². The molecule has 0 spiro atoms. The first-order valence-electron chi connectivity index (χ1n) is 11.7. The van der Waals surface area contributed by atoms with E-state index in [1.807, 2.05) is 42.6 Å². The first-order valence-corrected chi connectivity index (χ1v) is 12.6. The molecule has 1 aromatic carbocycles. The van der Waals surface area contributed by atoms with E-state index in [-0.39, 0.29) is 18.0 Å². The minimum atomic E-state index is 0.0262. The van der Waals surface area contributed by atoms with Gasteiger partial charge in [0.2, 0.25) is 0 Å². The van der Waals surface area contributed by atoms with Gasteiger partial charge >= 0.3 is 0 Å². The maximum absolute atomic E-state index is 13.1. The fraction of sp³-hybridized carbons (Fsp3) is 0.462. The Labute approximate surface area is 200 Å². The number of amides is 1. The highest BCUT2D eigenvalue weighted by Crippen LogP contribution is 2.31. The van der Waals surface area contributed by atoms with E-state index in [4.69, 9.17) is 14.5 Å². The summed E-state index contributed by atoms with van der Waals surface area (Å²) in [6, 6.07) is 10.0. The number of methoxy groups -OCH3 is 1. The molecule has 4 rings (SSSR count). The number of carbonyl (C=O) groups is 1. The molecule has 1 aliphatic rings. The third-order valence-corrected chi connectivity index (χ3v) is 7.05. The Kier molecular flexibility index (Phi) is 7.38. The summed E-state index contributed by atoms with van der Waals surface area (Å²) in [4.78, 5) is 17.9. The average Bonchev–Trinajstić information content (AvgIpc) is 3.43. The van der Waals surface area contributed by atoms with Gasteiger partial charge in [-0.15, -0.1) is 11.3 Å². The predicted molar refractivity (Wildman–Crippen MR) is 132 cm³/mol. The Morgan fingerprint density at radius 3 is 2.55 bits per heavy atom. The summed E-state index contributed by atoms with van der Waals surface area (Å²) in [7, 11) is 1.65. The summed E-state index contributed by atoms with van der Waals surface area (Å²) < 4.78 is 13.3. The predicted octanol–water partition coefficient (Wildman–Crippen LogP) is 6.15. The van der Waals surface area contributed by atoms with Gasteiger partial charge in [-0.3, -0.25) is 4.79 Å². The molecule has 0 bridgehead atoms. The molecule has 1 fully saturated rings. The molecule has 0 unspecified atom stereocenters. The molecule has 1 aliphatic carbocycles. The van der Waals surface area contributed by atoms with Gasteiger partial charge in [0, 0.05) is 23.2 Å². The first kappa shape index (κ1) is 23.4. The lowest BCUT2D eigenvalue weighted by Gasteiger charge is -2.22. The maximum atomic E-state index is 13.1. The molecule has 0 atom stereocenters. The number of aromatic nitrogens is 2. The molecular weight excluding hydrogens is 434 g/mol. The molecule has 6 nitrogen and oxygen atoms in total. The van der Waals surface area contributed by atoms with Crippen LogP contribution < -0.4 is 14.8 Å². The van der Waals surface area contributed by atoms with E-state index >= 15 is 0 Å². The van der Waals surface area contributed by atoms with Crippen molar-refractivity contribution >= 4 is 17.2 Å². The van der Waals surface area contributed by atoms with E-state index in [9.17, 15) is 4.79 Å². The number of rotatable bonds is 8. The Hall–Kier alpha value is -2.80. The molecule has 2 heterocycles. The van der Waals surface area contributed by atoms with Crippen LogP contribution in [-0.4, -0.2) is 28.6 Å². The number of thiazole rings is 1. The first-order chi connectivity index (χ1) is 16.0. The van der Waals surface area contributed by atoms with E-state index < -0.39 is 0 Å². The van der Waals surface area contributed by atoms with Crippen LogP contribution in [0.1, 0.15) is 73.1 Å². The molecule has 3 aromatic rings. The monoisotopic (exact) mass is 467 g/mol. The summed E-state index contributed by atoms with van der Waals surface area (Å²) in [6.07, 6.45) is 5.82. The van der Waals surface area contributed by atoms with Gasteiger partial charge in [0.25, 0.3) is 5.91 Å². The van der Waals surface area contributed by atoms with Crippen LogP contribution in [-0.2, 0) is 6.61 Å². The summed E-state index contributed by atoms with van der Waals surface area (Å²) >= 11 is 1.57. The van der Waals surface area contributed by atoms with E-state index in [2.05, 4.69) is 23.7 Å². The van der Waals surface area contributed by atoms with Crippen LogP contribution in [0, 0.1) is 6.92 Å². The molecule has 0 radical (unpaired) electrons. The van der Waals surface area contributed by atoms with Crippen molar-refractivity contribution in [2.75, 3.05) is 7.11 Å². The lowest BCUT2D eigenvalue weighted by molar-refractivity contribution is 0.0927. The normalized spacial score (nSPS) is 14.5. The van der Waals surface area contributed by atoms with E-state index in [0.717, 1.165) is 52.0 Å². The van der Waals surface area contributed by atoms with Crippen molar-refractivity contribution < 1.29 is 14.3 Å². The van der Waals surface area contributed by atoms with Crippen LogP contribution in [0.5, 0.6) is 11.5 Å². The second kappa shape index (κ2) is 10.4. The van der Waals surface area contributed by atoms with Gasteiger partial charge in [-0.05, 0) is 63.9 Å². The van der Waals surface area contributed by atoms with Crippen molar-refractivity contribution in [1.82, 2.24) is 14.9 Å². The SMILES string of the molecule is COc1ccc(OCc2nc(-c3cc(C(=O)NC4CCCCC4)c(C)n3C(C)C)cs2)cc1. The van der Waals surface area contributed by atoms with Crippen molar-refractivity contribution in [3.63, 3.8) is 0 Å². The smallest absolute Gasteiger partial charge is 0.253 e. The fourth-order valence-corrected chi connectivity index (χ4v) is 5.23. The molecule has 33 heavy (non-hydrogen) atoms. The van der Waals surface area contributed by atoms with Gasteiger partial charge in [-0.25, -0.2) is 4.98 Å². The highest BCUT2D eigenvalue weighted by molar-refractivity contribution is 7.09. The minimum Gasteiger partial charge on any atom is -0.497 e. The lowest BCUT2D eigenvalue weighted by atomic mass is 9.95. The van der Waals surface area contributed by atoms with Gasteiger partial charge in [-0.2, -0.15) is 0 Å². The van der Waals surface area contributed by atoms with Gasteiger partial charge in [0.15, 0.2) is 0 Å². The lowest BCUT2D eigenvalue weighted by Crippen LogP contribution is -2.36. The molecule has 0 saturated heterocycles. The average molecular weight is 468 g/mol. The molecular formula is C26H33N3O3S. The summed E-state index contributed by atoms with van der Waals surface area (Å²) in [6.45, 7) is 6.70. The van der Waals surface area contributed by atoms with Crippen LogP contribution in [0.2, 0.25) is 0 Å². The number of ether oxygens (including phenoxy) is 2. The van der Waals surface area contributed by atoms with E-state index in [1.165, 1.54) is 19.3 Å². The van der Waals surface area contributed by atoms with Gasteiger partial charge in [-0.1, -0.05) is 19.3 Å². The van der Waals surface area contributed by atoms with Crippen molar-refractivity contribution in [1.29, 1.82) is 0 Å². The number of carbonyl (C=O) groups excluding carboxylic acids is 1. The zero-order valence-electron chi connectivity index (χ0n) is 19.9. The Morgan fingerprint density at radius 1 is 1.18 bits per heavy atom. The second-order valence-electron chi connectivity index (χ2n) is 8.89. The van der Waals surface area contributed by atoms with Crippen LogP contribution >= 0.6 is 11.3 Å². The third-order valence-electron chi connectivity index (χ3n) is 6.23. The van der Waals surface area contributed by atoms with E-state index in [1.54, 1.807) is 18.4 Å². The Bertz CT molecular complexity index is 1080. The highest BCUT2D eigenvalue weighted by atomic mass is 32.1. The largest absolute Gasteiger partial charge is 0.497 e. The van der Waals surface area contributed by atoms with Crippen molar-refractivity contribution in [2.45, 2.75) is 71.6 Å². The standard InChI is InChI=1S/C26H33N3O3S/c1-17(2)29-18(3)22(26(30)27-19-8-6-5-7-9-19)14-24(29)23-16-33-25(28-23)15-32-21-12-10-20(31-4)11-13-21/h10-14,16-17,19H,5-9,15H2,1-4H3,(H,27,30).